The quantitative estimate of drug-likeness (QED) is 0.399. The molecule has 2 heterocycles. The number of nitrogen functional groups attached to an aromatic ring is 1. The van der Waals surface area contributed by atoms with Gasteiger partial charge in [-0.05, 0) is 48.5 Å². The largest absolute Gasteiger partial charge is 0.384 e. The van der Waals surface area contributed by atoms with Crippen LogP contribution in [0.5, 0.6) is 0 Å². The lowest BCUT2D eigenvalue weighted by Gasteiger charge is -2.21. The molecule has 34 heavy (non-hydrogen) atoms. The molecule has 170 valence electrons. The molecule has 0 aliphatic rings. The molecule has 0 atom stereocenters. The fourth-order valence-corrected chi connectivity index (χ4v) is 3.80. The highest BCUT2D eigenvalue weighted by Gasteiger charge is 2.17. The van der Waals surface area contributed by atoms with Crippen LogP contribution in [0.3, 0.4) is 0 Å². The molecule has 2 aromatic heterocycles. The van der Waals surface area contributed by atoms with Crippen LogP contribution >= 0.6 is 11.6 Å². The van der Waals surface area contributed by atoms with Gasteiger partial charge in [0, 0.05) is 53.6 Å². The van der Waals surface area contributed by atoms with Crippen molar-refractivity contribution in [3.05, 3.63) is 95.3 Å². The first-order chi connectivity index (χ1) is 16.5. The average Bonchev–Trinajstić information content (AvgIpc) is 3.26. The van der Waals surface area contributed by atoms with E-state index in [1.54, 1.807) is 52.2 Å². The Labute approximate surface area is 203 Å². The van der Waals surface area contributed by atoms with Crippen molar-refractivity contribution in [1.82, 2.24) is 19.7 Å². The summed E-state index contributed by atoms with van der Waals surface area (Å²) in [5.74, 6) is 0.339. The van der Waals surface area contributed by atoms with E-state index in [2.05, 4.69) is 16.2 Å². The maximum absolute atomic E-state index is 13.1. The lowest BCUT2D eigenvalue weighted by molar-refractivity contribution is 0.0760. The number of rotatable bonds is 8. The minimum absolute atomic E-state index is 0.134. The number of hydrogen-bond donors (Lipinski definition) is 1. The summed E-state index contributed by atoms with van der Waals surface area (Å²) in [6.45, 7) is 0.841. The molecule has 1 amide bonds. The Bertz CT molecular complexity index is 1310. The Morgan fingerprint density at radius 2 is 1.88 bits per heavy atom. The van der Waals surface area contributed by atoms with Gasteiger partial charge in [0.25, 0.3) is 5.91 Å². The van der Waals surface area contributed by atoms with Crippen LogP contribution in [0.25, 0.3) is 16.9 Å². The third kappa shape index (κ3) is 5.42. The molecular weight excluding hydrogens is 448 g/mol. The normalized spacial score (nSPS) is 10.6. The fraction of sp³-hybridized carbons (Fsp3) is 0.154. The highest BCUT2D eigenvalue weighted by atomic mass is 35.5. The Kier molecular flexibility index (Phi) is 7.21. The van der Waals surface area contributed by atoms with Crippen molar-refractivity contribution < 1.29 is 4.79 Å². The molecule has 7 nitrogen and oxygen atoms in total. The molecule has 0 unspecified atom stereocenters. The predicted octanol–water partition coefficient (Wildman–Crippen LogP) is 4.77. The summed E-state index contributed by atoms with van der Waals surface area (Å²) in [7, 11) is 0. The van der Waals surface area contributed by atoms with Gasteiger partial charge in [0.05, 0.1) is 23.9 Å². The molecule has 0 bridgehead atoms. The highest BCUT2D eigenvalue weighted by Crippen LogP contribution is 2.25. The van der Waals surface area contributed by atoms with Crippen LogP contribution in [0.1, 0.15) is 22.5 Å². The Hall–Kier alpha value is -4.15. The maximum atomic E-state index is 13.1. The van der Waals surface area contributed by atoms with E-state index in [1.807, 2.05) is 36.4 Å². The second-order valence-electron chi connectivity index (χ2n) is 7.69. The third-order valence-electron chi connectivity index (χ3n) is 5.36. The van der Waals surface area contributed by atoms with Crippen molar-refractivity contribution in [2.24, 2.45) is 0 Å². The zero-order valence-electron chi connectivity index (χ0n) is 18.4. The molecule has 0 spiro atoms. The average molecular weight is 471 g/mol. The fourth-order valence-electron chi connectivity index (χ4n) is 3.61. The van der Waals surface area contributed by atoms with E-state index in [9.17, 15) is 4.79 Å². The standard InChI is InChI=1S/C26H23ClN6O/c27-21-6-3-5-20(17-21)24-18-25(29)33(31-24)23-10-8-19(9-11-23)26(34)32(15-4-13-28)16-12-22-7-1-2-14-30-22/h1-3,5-11,14,17-18H,4,12,15-16,29H2. The number of aromatic nitrogens is 3. The third-order valence-corrected chi connectivity index (χ3v) is 5.60. The van der Waals surface area contributed by atoms with Gasteiger partial charge in [0.2, 0.25) is 0 Å². The van der Waals surface area contributed by atoms with Gasteiger partial charge >= 0.3 is 0 Å². The topological polar surface area (TPSA) is 101 Å². The number of pyridine rings is 1. The maximum Gasteiger partial charge on any atom is 0.253 e. The number of nitriles is 1. The molecule has 8 heteroatoms. The second-order valence-corrected chi connectivity index (χ2v) is 8.13. The lowest BCUT2D eigenvalue weighted by Crippen LogP contribution is -2.34. The van der Waals surface area contributed by atoms with E-state index in [1.165, 1.54) is 0 Å². The monoisotopic (exact) mass is 470 g/mol. The van der Waals surface area contributed by atoms with Crippen LogP contribution in [0.15, 0.2) is 79.0 Å². The summed E-state index contributed by atoms with van der Waals surface area (Å²) in [6, 6.07) is 24.1. The molecule has 0 aliphatic carbocycles. The minimum Gasteiger partial charge on any atom is -0.384 e. The first-order valence-corrected chi connectivity index (χ1v) is 11.2. The van der Waals surface area contributed by atoms with Crippen LogP contribution < -0.4 is 5.73 Å². The van der Waals surface area contributed by atoms with Crippen LogP contribution in [-0.4, -0.2) is 38.7 Å². The molecule has 0 saturated carbocycles. The van der Waals surface area contributed by atoms with Gasteiger partial charge in [0.15, 0.2) is 0 Å². The molecule has 2 N–H and O–H groups in total. The van der Waals surface area contributed by atoms with E-state index in [-0.39, 0.29) is 12.3 Å². The van der Waals surface area contributed by atoms with E-state index in [0.29, 0.717) is 41.6 Å². The smallest absolute Gasteiger partial charge is 0.253 e. The van der Waals surface area contributed by atoms with Gasteiger partial charge in [-0.25, -0.2) is 4.68 Å². The van der Waals surface area contributed by atoms with Crippen LogP contribution in [0, 0.1) is 11.3 Å². The summed E-state index contributed by atoms with van der Waals surface area (Å²) in [4.78, 5) is 19.1. The van der Waals surface area contributed by atoms with Crippen molar-refractivity contribution in [3.63, 3.8) is 0 Å². The summed E-state index contributed by atoms with van der Waals surface area (Å²) in [5, 5.41) is 14.2. The number of hydrogen-bond acceptors (Lipinski definition) is 5. The number of nitrogens with two attached hydrogens (primary N) is 1. The molecule has 4 rings (SSSR count). The summed E-state index contributed by atoms with van der Waals surface area (Å²) in [6.07, 6.45) is 2.61. The SMILES string of the molecule is N#CCCN(CCc1ccccn1)C(=O)c1ccc(-n2nc(-c3cccc(Cl)c3)cc2N)cc1. The lowest BCUT2D eigenvalue weighted by atomic mass is 10.1. The van der Waals surface area contributed by atoms with E-state index in [0.717, 1.165) is 16.9 Å². The van der Waals surface area contributed by atoms with Crippen molar-refractivity contribution in [3.8, 4) is 23.0 Å². The zero-order chi connectivity index (χ0) is 23.9. The molecule has 0 saturated heterocycles. The Morgan fingerprint density at radius 1 is 1.06 bits per heavy atom. The van der Waals surface area contributed by atoms with E-state index in [4.69, 9.17) is 22.6 Å². The number of nitrogens with zero attached hydrogens (tertiary/aromatic N) is 5. The molecule has 0 radical (unpaired) electrons. The van der Waals surface area contributed by atoms with Crippen molar-refractivity contribution in [2.75, 3.05) is 18.8 Å². The number of carbonyl (C=O) groups excluding carboxylic acids is 1. The van der Waals surface area contributed by atoms with Gasteiger partial charge in [-0.1, -0.05) is 29.8 Å². The minimum atomic E-state index is -0.134. The van der Waals surface area contributed by atoms with Crippen molar-refractivity contribution in [2.45, 2.75) is 12.8 Å². The van der Waals surface area contributed by atoms with Crippen molar-refractivity contribution in [1.29, 1.82) is 5.26 Å². The van der Waals surface area contributed by atoms with E-state index >= 15 is 0 Å². The second kappa shape index (κ2) is 10.6. The number of amides is 1. The Morgan fingerprint density at radius 3 is 2.59 bits per heavy atom. The number of carbonyl (C=O) groups is 1. The van der Waals surface area contributed by atoms with Gasteiger partial charge in [0.1, 0.15) is 5.82 Å². The van der Waals surface area contributed by atoms with Gasteiger partial charge in [-0.15, -0.1) is 0 Å². The molecular formula is C26H23ClN6O. The summed E-state index contributed by atoms with van der Waals surface area (Å²) >= 11 is 6.10. The van der Waals surface area contributed by atoms with Crippen molar-refractivity contribution >= 4 is 23.3 Å². The molecule has 2 aromatic carbocycles. The summed E-state index contributed by atoms with van der Waals surface area (Å²) in [5.41, 5.74) is 9.94. The predicted molar refractivity (Wildman–Crippen MR) is 132 cm³/mol. The Balaban J connectivity index is 1.51. The van der Waals surface area contributed by atoms with Gasteiger partial charge in [-0.2, -0.15) is 10.4 Å². The van der Waals surface area contributed by atoms with Crippen LogP contribution in [-0.2, 0) is 6.42 Å². The van der Waals surface area contributed by atoms with Crippen LogP contribution in [0.4, 0.5) is 5.82 Å². The van der Waals surface area contributed by atoms with Gasteiger partial charge in [-0.3, -0.25) is 9.78 Å². The number of anilines is 1. The molecule has 0 fully saturated rings. The van der Waals surface area contributed by atoms with E-state index < -0.39 is 0 Å². The zero-order valence-corrected chi connectivity index (χ0v) is 19.2. The van der Waals surface area contributed by atoms with Gasteiger partial charge < -0.3 is 10.6 Å². The molecule has 0 aliphatic heterocycles. The molecule has 4 aromatic rings. The summed E-state index contributed by atoms with van der Waals surface area (Å²) < 4.78 is 1.62. The first kappa shape index (κ1) is 23.0. The number of halogens is 1. The first-order valence-electron chi connectivity index (χ1n) is 10.8. The highest BCUT2D eigenvalue weighted by molar-refractivity contribution is 6.30. The van der Waals surface area contributed by atoms with Crippen LogP contribution in [0.2, 0.25) is 5.02 Å². The number of benzene rings is 2.